The van der Waals surface area contributed by atoms with Gasteiger partial charge in [-0.3, -0.25) is 4.68 Å². The molecule has 0 aliphatic rings. The number of aryl methyl sites for hydroxylation is 1. The third-order valence-electron chi connectivity index (χ3n) is 2.19. The van der Waals surface area contributed by atoms with Crippen molar-refractivity contribution < 1.29 is 9.84 Å². The van der Waals surface area contributed by atoms with Gasteiger partial charge in [-0.05, 0) is 33.3 Å². The topological polar surface area (TPSA) is 47.3 Å². The van der Waals surface area contributed by atoms with Gasteiger partial charge in [-0.15, -0.1) is 0 Å². The fourth-order valence-corrected chi connectivity index (χ4v) is 1.36. The summed E-state index contributed by atoms with van der Waals surface area (Å²) >= 11 is 0. The van der Waals surface area contributed by atoms with E-state index in [1.54, 1.807) is 6.20 Å². The molecule has 1 unspecified atom stereocenters. The highest BCUT2D eigenvalue weighted by atomic mass is 16.5. The molecule has 0 saturated heterocycles. The Balaban J connectivity index is 2.36. The van der Waals surface area contributed by atoms with Crippen LogP contribution in [0.1, 0.15) is 33.3 Å². The largest absolute Gasteiger partial charge is 0.390 e. The Morgan fingerprint density at radius 2 is 2.19 bits per heavy atom. The summed E-state index contributed by atoms with van der Waals surface area (Å²) in [6, 6.07) is 0. The van der Waals surface area contributed by atoms with Gasteiger partial charge in [0.05, 0.1) is 24.5 Å². The minimum Gasteiger partial charge on any atom is -0.390 e. The third-order valence-corrected chi connectivity index (χ3v) is 2.19. The maximum atomic E-state index is 9.79. The molecule has 4 heteroatoms. The first-order valence-electron chi connectivity index (χ1n) is 5.74. The number of aliphatic hydroxyl groups excluding tert-OH is 1. The van der Waals surface area contributed by atoms with Gasteiger partial charge < -0.3 is 9.84 Å². The van der Waals surface area contributed by atoms with Gasteiger partial charge in [0.2, 0.25) is 0 Å². The van der Waals surface area contributed by atoms with Crippen molar-refractivity contribution in [1.29, 1.82) is 0 Å². The Morgan fingerprint density at radius 3 is 2.69 bits per heavy atom. The highest BCUT2D eigenvalue weighted by Gasteiger charge is 2.14. The second-order valence-electron chi connectivity index (χ2n) is 4.99. The molecule has 1 heterocycles. The SMILES string of the molecule is CCn1cc(CC(O)COC(C)(C)C)cn1. The van der Waals surface area contributed by atoms with Crippen molar-refractivity contribution in [3.63, 3.8) is 0 Å². The normalized spacial score (nSPS) is 14.1. The monoisotopic (exact) mass is 226 g/mol. The van der Waals surface area contributed by atoms with E-state index in [1.807, 2.05) is 38.6 Å². The van der Waals surface area contributed by atoms with Crippen molar-refractivity contribution in [2.75, 3.05) is 6.61 Å². The molecule has 0 fully saturated rings. The Hall–Kier alpha value is -0.870. The van der Waals surface area contributed by atoms with Crippen molar-refractivity contribution in [3.8, 4) is 0 Å². The van der Waals surface area contributed by atoms with Crippen molar-refractivity contribution in [2.45, 2.75) is 52.4 Å². The Bertz CT molecular complexity index is 315. The lowest BCUT2D eigenvalue weighted by molar-refractivity contribution is -0.0482. The Morgan fingerprint density at radius 1 is 1.50 bits per heavy atom. The summed E-state index contributed by atoms with van der Waals surface area (Å²) in [5.74, 6) is 0. The smallest absolute Gasteiger partial charge is 0.0815 e. The van der Waals surface area contributed by atoms with Crippen LogP contribution in [-0.4, -0.2) is 33.2 Å². The molecule has 0 amide bonds. The van der Waals surface area contributed by atoms with E-state index >= 15 is 0 Å². The molecule has 0 saturated carbocycles. The summed E-state index contributed by atoms with van der Waals surface area (Å²) in [4.78, 5) is 0. The fourth-order valence-electron chi connectivity index (χ4n) is 1.36. The number of nitrogens with zero attached hydrogens (tertiary/aromatic N) is 2. The van der Waals surface area contributed by atoms with Crippen LogP contribution < -0.4 is 0 Å². The Labute approximate surface area is 97.2 Å². The third kappa shape index (κ3) is 4.77. The van der Waals surface area contributed by atoms with Gasteiger partial charge in [-0.2, -0.15) is 5.10 Å². The predicted octanol–water partition coefficient (Wildman–Crippen LogP) is 1.62. The number of ether oxygens (including phenoxy) is 1. The zero-order valence-electron chi connectivity index (χ0n) is 10.6. The van der Waals surface area contributed by atoms with E-state index in [0.717, 1.165) is 12.1 Å². The average Bonchev–Trinajstić information content (AvgIpc) is 2.61. The van der Waals surface area contributed by atoms with Crippen LogP contribution in [0.15, 0.2) is 12.4 Å². The molecule has 1 rings (SSSR count). The molecule has 0 aliphatic heterocycles. The van der Waals surface area contributed by atoms with E-state index in [1.165, 1.54) is 0 Å². The van der Waals surface area contributed by atoms with Gasteiger partial charge >= 0.3 is 0 Å². The van der Waals surface area contributed by atoms with Gasteiger partial charge in [0.15, 0.2) is 0 Å². The lowest BCUT2D eigenvalue weighted by Crippen LogP contribution is -2.27. The summed E-state index contributed by atoms with van der Waals surface area (Å²) in [7, 11) is 0. The second kappa shape index (κ2) is 5.46. The average molecular weight is 226 g/mol. The van der Waals surface area contributed by atoms with Gasteiger partial charge in [0.25, 0.3) is 0 Å². The summed E-state index contributed by atoms with van der Waals surface area (Å²) in [6.45, 7) is 9.20. The van der Waals surface area contributed by atoms with E-state index in [-0.39, 0.29) is 5.60 Å². The van der Waals surface area contributed by atoms with Gasteiger partial charge in [-0.25, -0.2) is 0 Å². The predicted molar refractivity (Wildman–Crippen MR) is 63.3 cm³/mol. The molecule has 0 bridgehead atoms. The molecule has 1 N–H and O–H groups in total. The molecule has 1 aromatic rings. The van der Waals surface area contributed by atoms with Gasteiger partial charge in [-0.1, -0.05) is 0 Å². The number of rotatable bonds is 5. The lowest BCUT2D eigenvalue weighted by Gasteiger charge is -2.21. The van der Waals surface area contributed by atoms with Crippen LogP contribution in [0.4, 0.5) is 0 Å². The van der Waals surface area contributed by atoms with Crippen molar-refractivity contribution in [3.05, 3.63) is 18.0 Å². The Kier molecular flexibility index (Phi) is 4.50. The van der Waals surface area contributed by atoms with Gasteiger partial charge in [0.1, 0.15) is 0 Å². The minimum atomic E-state index is -0.464. The maximum Gasteiger partial charge on any atom is 0.0815 e. The van der Waals surface area contributed by atoms with Crippen molar-refractivity contribution in [2.24, 2.45) is 0 Å². The number of hydrogen-bond acceptors (Lipinski definition) is 3. The van der Waals surface area contributed by atoms with Crippen LogP contribution >= 0.6 is 0 Å². The standard InChI is InChI=1S/C12H22N2O2/c1-5-14-8-10(7-13-14)6-11(15)9-16-12(2,3)4/h7-8,11,15H,5-6,9H2,1-4H3. The van der Waals surface area contributed by atoms with Crippen LogP contribution in [0.3, 0.4) is 0 Å². The quantitative estimate of drug-likeness (QED) is 0.830. The lowest BCUT2D eigenvalue weighted by atomic mass is 10.1. The summed E-state index contributed by atoms with van der Waals surface area (Å²) in [6.07, 6.45) is 3.88. The van der Waals surface area contributed by atoms with Crippen molar-refractivity contribution >= 4 is 0 Å². The second-order valence-corrected chi connectivity index (χ2v) is 4.99. The fraction of sp³-hybridized carbons (Fsp3) is 0.750. The maximum absolute atomic E-state index is 9.79. The highest BCUT2D eigenvalue weighted by Crippen LogP contribution is 2.09. The number of hydrogen-bond donors (Lipinski definition) is 1. The van der Waals surface area contributed by atoms with Crippen LogP contribution in [0.2, 0.25) is 0 Å². The molecule has 0 aromatic carbocycles. The first-order valence-corrected chi connectivity index (χ1v) is 5.74. The van der Waals surface area contributed by atoms with Crippen LogP contribution in [0.25, 0.3) is 0 Å². The van der Waals surface area contributed by atoms with Crippen LogP contribution in [0.5, 0.6) is 0 Å². The van der Waals surface area contributed by atoms with Crippen LogP contribution in [-0.2, 0) is 17.7 Å². The first-order chi connectivity index (χ1) is 7.40. The molecule has 92 valence electrons. The summed E-state index contributed by atoms with van der Waals surface area (Å²) < 4.78 is 7.37. The minimum absolute atomic E-state index is 0.200. The first kappa shape index (κ1) is 13.2. The summed E-state index contributed by atoms with van der Waals surface area (Å²) in [5, 5.41) is 13.9. The van der Waals surface area contributed by atoms with Gasteiger partial charge in [0, 0.05) is 19.2 Å². The number of aliphatic hydroxyl groups is 1. The van der Waals surface area contributed by atoms with E-state index in [9.17, 15) is 5.11 Å². The molecule has 1 aromatic heterocycles. The molecular formula is C12H22N2O2. The molecule has 16 heavy (non-hydrogen) atoms. The van der Waals surface area contributed by atoms with E-state index in [0.29, 0.717) is 13.0 Å². The molecule has 0 radical (unpaired) electrons. The number of aromatic nitrogens is 2. The zero-order chi connectivity index (χ0) is 12.2. The molecule has 0 aliphatic carbocycles. The zero-order valence-corrected chi connectivity index (χ0v) is 10.6. The highest BCUT2D eigenvalue weighted by molar-refractivity contribution is 5.05. The van der Waals surface area contributed by atoms with E-state index < -0.39 is 6.10 Å². The van der Waals surface area contributed by atoms with E-state index in [4.69, 9.17) is 4.74 Å². The molecule has 1 atom stereocenters. The molecular weight excluding hydrogens is 204 g/mol. The van der Waals surface area contributed by atoms with Crippen molar-refractivity contribution in [1.82, 2.24) is 9.78 Å². The molecule has 0 spiro atoms. The molecule has 4 nitrogen and oxygen atoms in total. The summed E-state index contributed by atoms with van der Waals surface area (Å²) in [5.41, 5.74) is 0.848. The van der Waals surface area contributed by atoms with Crippen LogP contribution in [0, 0.1) is 0 Å². The van der Waals surface area contributed by atoms with E-state index in [2.05, 4.69) is 5.10 Å².